The van der Waals surface area contributed by atoms with Gasteiger partial charge in [0, 0.05) is 35.9 Å². The third-order valence-electron chi connectivity index (χ3n) is 3.56. The second-order valence-corrected chi connectivity index (χ2v) is 5.32. The molecular weight excluding hydrogens is 290 g/mol. The number of hydrogen-bond donors (Lipinski definition) is 1. The Bertz CT molecular complexity index is 660. The van der Waals surface area contributed by atoms with Crippen LogP contribution in [0.1, 0.15) is 11.7 Å². The number of hydrogen-bond acceptors (Lipinski definition) is 4. The summed E-state index contributed by atoms with van der Waals surface area (Å²) in [4.78, 5) is 12.5. The molecular formula is C15H14ClN3O2. The van der Waals surface area contributed by atoms with Crippen LogP contribution < -0.4 is 10.2 Å². The smallest absolute Gasteiger partial charge is 0.269 e. The lowest BCUT2D eigenvalue weighted by Gasteiger charge is -2.26. The minimum absolute atomic E-state index is 0.00395. The summed E-state index contributed by atoms with van der Waals surface area (Å²) in [6.45, 7) is 1.72. The van der Waals surface area contributed by atoms with Gasteiger partial charge in [0.1, 0.15) is 6.17 Å². The first-order chi connectivity index (χ1) is 10.1. The number of non-ortho nitro benzene ring substituents is 1. The van der Waals surface area contributed by atoms with Crippen LogP contribution in [0.15, 0.2) is 48.5 Å². The molecule has 2 aromatic carbocycles. The summed E-state index contributed by atoms with van der Waals surface area (Å²) < 4.78 is 0. The van der Waals surface area contributed by atoms with Gasteiger partial charge in [-0.15, -0.1) is 0 Å². The van der Waals surface area contributed by atoms with Gasteiger partial charge in [-0.3, -0.25) is 15.4 Å². The molecule has 1 fully saturated rings. The van der Waals surface area contributed by atoms with Gasteiger partial charge in [0.2, 0.25) is 0 Å². The molecule has 1 atom stereocenters. The zero-order valence-corrected chi connectivity index (χ0v) is 12.0. The highest BCUT2D eigenvalue weighted by molar-refractivity contribution is 6.30. The Kier molecular flexibility index (Phi) is 3.77. The first-order valence-corrected chi connectivity index (χ1v) is 7.03. The van der Waals surface area contributed by atoms with Gasteiger partial charge < -0.3 is 4.90 Å². The molecule has 1 aliphatic heterocycles. The van der Waals surface area contributed by atoms with Crippen LogP contribution in [0.4, 0.5) is 11.4 Å². The van der Waals surface area contributed by atoms with E-state index in [4.69, 9.17) is 11.6 Å². The van der Waals surface area contributed by atoms with E-state index in [2.05, 4.69) is 10.2 Å². The van der Waals surface area contributed by atoms with Gasteiger partial charge in [-0.25, -0.2) is 0 Å². The Labute approximate surface area is 127 Å². The largest absolute Gasteiger partial charge is 0.351 e. The molecule has 108 valence electrons. The third kappa shape index (κ3) is 2.84. The number of benzene rings is 2. The van der Waals surface area contributed by atoms with Crippen molar-refractivity contribution in [2.75, 3.05) is 18.0 Å². The van der Waals surface area contributed by atoms with E-state index < -0.39 is 0 Å². The van der Waals surface area contributed by atoms with E-state index >= 15 is 0 Å². The van der Waals surface area contributed by atoms with E-state index in [0.717, 1.165) is 24.3 Å². The zero-order valence-electron chi connectivity index (χ0n) is 11.2. The summed E-state index contributed by atoms with van der Waals surface area (Å²) in [7, 11) is 0. The molecule has 0 amide bonds. The summed E-state index contributed by atoms with van der Waals surface area (Å²) in [6.07, 6.45) is 0.00395. The molecule has 0 bridgehead atoms. The summed E-state index contributed by atoms with van der Waals surface area (Å²) in [5.74, 6) is 0. The van der Waals surface area contributed by atoms with Crippen molar-refractivity contribution in [1.82, 2.24) is 5.32 Å². The normalized spacial score (nSPS) is 18.0. The van der Waals surface area contributed by atoms with Crippen molar-refractivity contribution in [3.63, 3.8) is 0 Å². The van der Waals surface area contributed by atoms with Gasteiger partial charge in [-0.05, 0) is 35.9 Å². The minimum atomic E-state index is -0.388. The lowest BCUT2D eigenvalue weighted by molar-refractivity contribution is -0.384. The molecule has 1 saturated heterocycles. The number of nitro benzene ring substituents is 1. The maximum atomic E-state index is 10.7. The maximum Gasteiger partial charge on any atom is 0.269 e. The van der Waals surface area contributed by atoms with Crippen LogP contribution in [0.5, 0.6) is 0 Å². The fourth-order valence-electron chi connectivity index (χ4n) is 2.57. The summed E-state index contributed by atoms with van der Waals surface area (Å²) in [5.41, 5.74) is 2.14. The first kappa shape index (κ1) is 13.9. The van der Waals surface area contributed by atoms with E-state index in [1.54, 1.807) is 12.1 Å². The van der Waals surface area contributed by atoms with Crippen LogP contribution in [0.3, 0.4) is 0 Å². The Morgan fingerprint density at radius 3 is 2.67 bits per heavy atom. The molecule has 1 heterocycles. The van der Waals surface area contributed by atoms with Crippen LogP contribution in [-0.4, -0.2) is 18.0 Å². The van der Waals surface area contributed by atoms with Crippen molar-refractivity contribution >= 4 is 23.0 Å². The van der Waals surface area contributed by atoms with E-state index in [-0.39, 0.29) is 16.8 Å². The number of nitrogens with one attached hydrogen (secondary N) is 1. The molecule has 1 N–H and O–H groups in total. The number of rotatable bonds is 3. The van der Waals surface area contributed by atoms with Gasteiger partial charge in [0.05, 0.1) is 4.92 Å². The second-order valence-electron chi connectivity index (χ2n) is 4.88. The lowest BCUT2D eigenvalue weighted by atomic mass is 10.1. The lowest BCUT2D eigenvalue weighted by Crippen LogP contribution is -2.27. The number of halogens is 1. The van der Waals surface area contributed by atoms with Gasteiger partial charge >= 0.3 is 0 Å². The Balaban J connectivity index is 1.88. The maximum absolute atomic E-state index is 10.7. The molecule has 0 radical (unpaired) electrons. The number of nitro groups is 1. The third-order valence-corrected chi connectivity index (χ3v) is 3.80. The predicted molar refractivity (Wildman–Crippen MR) is 82.6 cm³/mol. The Hall–Kier alpha value is -2.11. The van der Waals surface area contributed by atoms with Gasteiger partial charge in [-0.2, -0.15) is 0 Å². The molecule has 1 aliphatic rings. The van der Waals surface area contributed by atoms with Crippen LogP contribution in [-0.2, 0) is 0 Å². The Morgan fingerprint density at radius 1 is 1.24 bits per heavy atom. The van der Waals surface area contributed by atoms with Crippen LogP contribution in [0.25, 0.3) is 0 Å². The molecule has 0 saturated carbocycles. The molecule has 0 aromatic heterocycles. The van der Waals surface area contributed by atoms with Crippen LogP contribution in [0.2, 0.25) is 5.02 Å². The fourth-order valence-corrected chi connectivity index (χ4v) is 2.75. The average Bonchev–Trinajstić information content (AvgIpc) is 2.97. The molecule has 5 nitrogen and oxygen atoms in total. The van der Waals surface area contributed by atoms with E-state index in [1.807, 2.05) is 24.3 Å². The summed E-state index contributed by atoms with van der Waals surface area (Å²) >= 11 is 6.05. The fraction of sp³-hybridized carbons (Fsp3) is 0.200. The molecule has 0 aliphatic carbocycles. The highest BCUT2D eigenvalue weighted by Crippen LogP contribution is 2.30. The van der Waals surface area contributed by atoms with Crippen LogP contribution in [0, 0.1) is 10.1 Å². The average molecular weight is 304 g/mol. The molecule has 6 heteroatoms. The van der Waals surface area contributed by atoms with Gasteiger partial charge in [0.15, 0.2) is 0 Å². The Morgan fingerprint density at radius 2 is 2.00 bits per heavy atom. The highest BCUT2D eigenvalue weighted by atomic mass is 35.5. The number of anilines is 1. The second kappa shape index (κ2) is 5.71. The van der Waals surface area contributed by atoms with Gasteiger partial charge in [0.25, 0.3) is 5.69 Å². The van der Waals surface area contributed by atoms with Crippen molar-refractivity contribution in [1.29, 1.82) is 0 Å². The van der Waals surface area contributed by atoms with Crippen molar-refractivity contribution in [3.05, 3.63) is 69.2 Å². The summed E-state index contributed by atoms with van der Waals surface area (Å²) in [5, 5.41) is 14.8. The standard InChI is InChI=1S/C15H14ClN3O2/c16-12-2-1-3-14(10-12)18-9-8-17-15(18)11-4-6-13(7-5-11)19(20)21/h1-7,10,15,17H,8-9H2. The van der Waals surface area contributed by atoms with E-state index in [9.17, 15) is 10.1 Å². The summed E-state index contributed by atoms with van der Waals surface area (Å²) in [6, 6.07) is 14.3. The SMILES string of the molecule is O=[N+]([O-])c1ccc(C2NCCN2c2cccc(Cl)c2)cc1. The van der Waals surface area contributed by atoms with Crippen molar-refractivity contribution < 1.29 is 4.92 Å². The first-order valence-electron chi connectivity index (χ1n) is 6.65. The van der Waals surface area contributed by atoms with Crippen molar-refractivity contribution in [3.8, 4) is 0 Å². The predicted octanol–water partition coefficient (Wildman–Crippen LogP) is 3.36. The highest BCUT2D eigenvalue weighted by Gasteiger charge is 2.26. The van der Waals surface area contributed by atoms with Crippen molar-refractivity contribution in [2.24, 2.45) is 0 Å². The molecule has 3 rings (SSSR count). The number of nitrogens with zero attached hydrogens (tertiary/aromatic N) is 2. The molecule has 21 heavy (non-hydrogen) atoms. The monoisotopic (exact) mass is 303 g/mol. The topological polar surface area (TPSA) is 58.4 Å². The van der Waals surface area contributed by atoms with E-state index in [0.29, 0.717) is 5.02 Å². The van der Waals surface area contributed by atoms with Crippen LogP contribution >= 0.6 is 11.6 Å². The molecule has 0 spiro atoms. The van der Waals surface area contributed by atoms with Crippen molar-refractivity contribution in [2.45, 2.75) is 6.17 Å². The molecule has 1 unspecified atom stereocenters. The van der Waals surface area contributed by atoms with Gasteiger partial charge in [-0.1, -0.05) is 17.7 Å². The molecule has 2 aromatic rings. The zero-order chi connectivity index (χ0) is 14.8. The quantitative estimate of drug-likeness (QED) is 0.698. The minimum Gasteiger partial charge on any atom is -0.351 e. The van der Waals surface area contributed by atoms with E-state index in [1.165, 1.54) is 12.1 Å².